The van der Waals surface area contributed by atoms with Crippen LogP contribution in [0, 0.1) is 0 Å². The van der Waals surface area contributed by atoms with Crippen LogP contribution in [0.3, 0.4) is 0 Å². The van der Waals surface area contributed by atoms with Crippen molar-refractivity contribution in [2.45, 2.75) is 6.92 Å². The van der Waals surface area contributed by atoms with Gasteiger partial charge < -0.3 is 25.8 Å². The van der Waals surface area contributed by atoms with Gasteiger partial charge in [-0.1, -0.05) is 0 Å². The number of guanidine groups is 1. The molecule has 0 radical (unpaired) electrons. The van der Waals surface area contributed by atoms with E-state index in [0.717, 1.165) is 0 Å². The molecule has 118 valence electrons. The van der Waals surface area contributed by atoms with Crippen molar-refractivity contribution in [3.05, 3.63) is 18.2 Å². The van der Waals surface area contributed by atoms with Gasteiger partial charge in [-0.15, -0.1) is 24.0 Å². The van der Waals surface area contributed by atoms with Crippen LogP contribution in [0.15, 0.2) is 23.2 Å². The van der Waals surface area contributed by atoms with E-state index in [2.05, 4.69) is 15.6 Å². The molecule has 1 aromatic carbocycles. The second-order valence-corrected chi connectivity index (χ2v) is 3.94. The molecule has 0 fully saturated rings. The Morgan fingerprint density at radius 1 is 1.33 bits per heavy atom. The first-order chi connectivity index (χ1) is 9.56. The van der Waals surface area contributed by atoms with Crippen LogP contribution >= 0.6 is 24.0 Å². The minimum Gasteiger partial charge on any atom is -0.497 e. The number of nitrogens with one attached hydrogen (secondary N) is 2. The molecule has 0 atom stereocenters. The molecule has 0 saturated heterocycles. The highest BCUT2D eigenvalue weighted by atomic mass is 127. The van der Waals surface area contributed by atoms with Crippen LogP contribution in [0.4, 0.5) is 5.69 Å². The first-order valence-electron chi connectivity index (χ1n) is 6.10. The molecule has 0 heterocycles. The third-order valence-corrected chi connectivity index (χ3v) is 2.44. The zero-order valence-electron chi connectivity index (χ0n) is 12.3. The van der Waals surface area contributed by atoms with Crippen LogP contribution in [0.25, 0.3) is 0 Å². The van der Waals surface area contributed by atoms with Gasteiger partial charge in [0.1, 0.15) is 11.5 Å². The molecule has 1 aromatic rings. The van der Waals surface area contributed by atoms with Crippen molar-refractivity contribution in [3.8, 4) is 11.5 Å². The number of benzene rings is 1. The highest BCUT2D eigenvalue weighted by Crippen LogP contribution is 2.28. The van der Waals surface area contributed by atoms with Gasteiger partial charge in [-0.25, -0.2) is 0 Å². The maximum Gasteiger partial charge on any atom is 0.216 e. The van der Waals surface area contributed by atoms with Crippen molar-refractivity contribution < 1.29 is 14.3 Å². The summed E-state index contributed by atoms with van der Waals surface area (Å²) in [5.74, 6) is 1.45. The van der Waals surface area contributed by atoms with Crippen LogP contribution in [0.1, 0.15) is 6.92 Å². The van der Waals surface area contributed by atoms with Crippen molar-refractivity contribution in [2.75, 3.05) is 32.6 Å². The van der Waals surface area contributed by atoms with Gasteiger partial charge in [-0.05, 0) is 12.1 Å². The number of methoxy groups -OCH3 is 2. The van der Waals surface area contributed by atoms with E-state index >= 15 is 0 Å². The number of aliphatic imine (C=N–C) groups is 1. The fourth-order valence-electron chi connectivity index (χ4n) is 1.50. The zero-order chi connectivity index (χ0) is 15.0. The van der Waals surface area contributed by atoms with E-state index in [4.69, 9.17) is 15.2 Å². The first kappa shape index (κ1) is 19.3. The fraction of sp³-hybridized carbons (Fsp3) is 0.385. The molecule has 0 aliphatic rings. The highest BCUT2D eigenvalue weighted by molar-refractivity contribution is 14.0. The summed E-state index contributed by atoms with van der Waals surface area (Å²) in [6.45, 7) is 2.28. The third kappa shape index (κ3) is 7.02. The van der Waals surface area contributed by atoms with Gasteiger partial charge in [-0.3, -0.25) is 9.79 Å². The Kier molecular flexibility index (Phi) is 9.26. The molecule has 7 nitrogen and oxygen atoms in total. The van der Waals surface area contributed by atoms with Crippen molar-refractivity contribution >= 4 is 41.5 Å². The number of ether oxygens (including phenoxy) is 2. The van der Waals surface area contributed by atoms with E-state index in [0.29, 0.717) is 30.3 Å². The van der Waals surface area contributed by atoms with Gasteiger partial charge in [0.2, 0.25) is 5.91 Å². The minimum atomic E-state index is -0.0961. The van der Waals surface area contributed by atoms with Crippen LogP contribution < -0.4 is 25.8 Å². The molecular formula is C13H21IN4O3. The van der Waals surface area contributed by atoms with Crippen LogP contribution in [0.5, 0.6) is 11.5 Å². The van der Waals surface area contributed by atoms with Crippen LogP contribution in [-0.4, -0.2) is 39.2 Å². The molecular weight excluding hydrogens is 387 g/mol. The molecule has 0 bridgehead atoms. The molecule has 1 amide bonds. The fourth-order valence-corrected chi connectivity index (χ4v) is 1.50. The van der Waals surface area contributed by atoms with Crippen LogP contribution in [-0.2, 0) is 4.79 Å². The maximum absolute atomic E-state index is 10.7. The van der Waals surface area contributed by atoms with Gasteiger partial charge in [-0.2, -0.15) is 0 Å². The molecule has 1 rings (SSSR count). The average molecular weight is 408 g/mol. The number of rotatable bonds is 6. The summed E-state index contributed by atoms with van der Waals surface area (Å²) in [7, 11) is 3.15. The van der Waals surface area contributed by atoms with E-state index < -0.39 is 0 Å². The maximum atomic E-state index is 10.7. The molecule has 0 aliphatic carbocycles. The lowest BCUT2D eigenvalue weighted by Crippen LogP contribution is -2.27. The molecule has 8 heteroatoms. The largest absolute Gasteiger partial charge is 0.497 e. The summed E-state index contributed by atoms with van der Waals surface area (Å²) in [5.41, 5.74) is 6.43. The molecule has 4 N–H and O–H groups in total. The second kappa shape index (κ2) is 10.1. The third-order valence-electron chi connectivity index (χ3n) is 2.44. The van der Waals surface area contributed by atoms with Crippen molar-refractivity contribution in [3.63, 3.8) is 0 Å². The molecule has 0 aliphatic heterocycles. The highest BCUT2D eigenvalue weighted by Gasteiger charge is 2.05. The number of carbonyl (C=O) groups is 1. The van der Waals surface area contributed by atoms with E-state index in [1.165, 1.54) is 6.92 Å². The second-order valence-electron chi connectivity index (χ2n) is 3.94. The first-order valence-corrected chi connectivity index (χ1v) is 6.10. The number of amides is 1. The van der Waals surface area contributed by atoms with Gasteiger partial charge >= 0.3 is 0 Å². The van der Waals surface area contributed by atoms with Gasteiger partial charge in [0.25, 0.3) is 0 Å². The summed E-state index contributed by atoms with van der Waals surface area (Å²) in [6.07, 6.45) is 0. The lowest BCUT2D eigenvalue weighted by Gasteiger charge is -2.12. The van der Waals surface area contributed by atoms with Crippen molar-refractivity contribution in [1.29, 1.82) is 0 Å². The molecule has 0 unspecified atom stereocenters. The summed E-state index contributed by atoms with van der Waals surface area (Å²) in [4.78, 5) is 14.8. The number of carbonyl (C=O) groups excluding carboxylic acids is 1. The Morgan fingerprint density at radius 3 is 2.62 bits per heavy atom. The Bertz CT molecular complexity index is 494. The van der Waals surface area contributed by atoms with E-state index in [1.54, 1.807) is 32.4 Å². The number of hydrogen-bond acceptors (Lipinski definition) is 4. The summed E-state index contributed by atoms with van der Waals surface area (Å²) in [6, 6.07) is 5.31. The summed E-state index contributed by atoms with van der Waals surface area (Å²) in [5, 5.41) is 5.57. The predicted molar refractivity (Wildman–Crippen MR) is 93.8 cm³/mol. The lowest BCUT2D eigenvalue weighted by atomic mass is 10.2. The van der Waals surface area contributed by atoms with E-state index in [1.807, 2.05) is 0 Å². The van der Waals surface area contributed by atoms with Gasteiger partial charge in [0.15, 0.2) is 5.96 Å². The predicted octanol–water partition coefficient (Wildman–Crippen LogP) is 1.18. The van der Waals surface area contributed by atoms with Gasteiger partial charge in [0.05, 0.1) is 26.5 Å². The molecule has 0 saturated carbocycles. The number of anilines is 1. The number of nitrogens with zero attached hydrogens (tertiary/aromatic N) is 1. The van der Waals surface area contributed by atoms with E-state index in [-0.39, 0.29) is 35.8 Å². The quantitative estimate of drug-likeness (QED) is 0.284. The van der Waals surface area contributed by atoms with Gasteiger partial charge in [0, 0.05) is 19.5 Å². The average Bonchev–Trinajstić information content (AvgIpc) is 2.43. The minimum absolute atomic E-state index is 0. The smallest absolute Gasteiger partial charge is 0.216 e. The zero-order valence-corrected chi connectivity index (χ0v) is 14.6. The molecule has 21 heavy (non-hydrogen) atoms. The Morgan fingerprint density at radius 2 is 2.05 bits per heavy atom. The molecule has 0 spiro atoms. The summed E-state index contributed by atoms with van der Waals surface area (Å²) < 4.78 is 10.4. The SMILES string of the molecule is COc1ccc(OC)c(NC(N)=NCCNC(C)=O)c1.I. The van der Waals surface area contributed by atoms with Crippen molar-refractivity contribution in [2.24, 2.45) is 10.7 Å². The lowest BCUT2D eigenvalue weighted by molar-refractivity contribution is -0.118. The standard InChI is InChI=1S/C13H20N4O3.HI/c1-9(18)15-6-7-16-13(14)17-11-8-10(19-2)4-5-12(11)20-3;/h4-5,8H,6-7H2,1-3H3,(H,15,18)(H3,14,16,17);1H. The number of halogens is 1. The summed E-state index contributed by atoms with van der Waals surface area (Å²) >= 11 is 0. The van der Waals surface area contributed by atoms with Crippen molar-refractivity contribution in [1.82, 2.24) is 5.32 Å². The Balaban J connectivity index is 0.00000400. The van der Waals surface area contributed by atoms with Crippen LogP contribution in [0.2, 0.25) is 0 Å². The Hall–Kier alpha value is -1.71. The topological polar surface area (TPSA) is 98.0 Å². The monoisotopic (exact) mass is 408 g/mol. The Labute approximate surface area is 141 Å². The molecule has 0 aromatic heterocycles. The number of nitrogens with two attached hydrogens (primary N) is 1. The van der Waals surface area contributed by atoms with E-state index in [9.17, 15) is 4.79 Å². The normalized spacial score (nSPS) is 10.3. The number of hydrogen-bond donors (Lipinski definition) is 3.